The van der Waals surface area contributed by atoms with Gasteiger partial charge in [0.15, 0.2) is 0 Å². The lowest BCUT2D eigenvalue weighted by atomic mass is 9.96. The highest BCUT2D eigenvalue weighted by atomic mass is 16.5. The van der Waals surface area contributed by atoms with E-state index in [0.717, 1.165) is 0 Å². The fourth-order valence-electron chi connectivity index (χ4n) is 2.15. The molecule has 0 radical (unpaired) electrons. The van der Waals surface area contributed by atoms with Crippen molar-refractivity contribution in [3.05, 3.63) is 47.0 Å². The number of rotatable bonds is 7. The third-order valence-corrected chi connectivity index (χ3v) is 3.25. The summed E-state index contributed by atoms with van der Waals surface area (Å²) in [5, 5.41) is 9.39. The summed E-state index contributed by atoms with van der Waals surface area (Å²) in [6.45, 7) is 8.16. The SMILES string of the molecule is C=CCN(CCOC)C(=O)c1c(C)ccc(C)c1C(=O)O. The average Bonchev–Trinajstić information content (AvgIpc) is 2.44. The third kappa shape index (κ3) is 3.92. The number of aromatic carboxylic acids is 1. The first-order chi connectivity index (χ1) is 9.93. The van der Waals surface area contributed by atoms with Gasteiger partial charge in [-0.25, -0.2) is 4.79 Å². The Morgan fingerprint density at radius 2 is 1.86 bits per heavy atom. The molecule has 0 saturated carbocycles. The minimum atomic E-state index is -1.09. The summed E-state index contributed by atoms with van der Waals surface area (Å²) in [5.41, 5.74) is 1.52. The maximum absolute atomic E-state index is 12.7. The highest BCUT2D eigenvalue weighted by molar-refractivity contribution is 6.06. The van der Waals surface area contributed by atoms with Crippen molar-refractivity contribution < 1.29 is 19.4 Å². The van der Waals surface area contributed by atoms with E-state index in [1.807, 2.05) is 0 Å². The Morgan fingerprint density at radius 3 is 2.33 bits per heavy atom. The fraction of sp³-hybridized carbons (Fsp3) is 0.375. The van der Waals surface area contributed by atoms with Crippen LogP contribution in [0, 0.1) is 13.8 Å². The number of carbonyl (C=O) groups is 2. The van der Waals surface area contributed by atoms with Crippen LogP contribution in [0.25, 0.3) is 0 Å². The second-order valence-corrected chi connectivity index (χ2v) is 4.79. The van der Waals surface area contributed by atoms with Gasteiger partial charge in [-0.3, -0.25) is 4.79 Å². The molecule has 0 fully saturated rings. The first-order valence-electron chi connectivity index (χ1n) is 6.66. The largest absolute Gasteiger partial charge is 0.478 e. The molecule has 1 N–H and O–H groups in total. The van der Waals surface area contributed by atoms with E-state index >= 15 is 0 Å². The Balaban J connectivity index is 3.29. The maximum Gasteiger partial charge on any atom is 0.336 e. The lowest BCUT2D eigenvalue weighted by Crippen LogP contribution is -2.35. The van der Waals surface area contributed by atoms with Crippen LogP contribution >= 0.6 is 0 Å². The molecule has 1 aromatic carbocycles. The Kier molecular flexibility index (Phi) is 6.11. The van der Waals surface area contributed by atoms with E-state index in [1.54, 1.807) is 39.2 Å². The van der Waals surface area contributed by atoms with Crippen LogP contribution in [0.5, 0.6) is 0 Å². The first kappa shape index (κ1) is 16.9. The van der Waals surface area contributed by atoms with Crippen molar-refractivity contribution in [1.29, 1.82) is 0 Å². The van der Waals surface area contributed by atoms with Gasteiger partial charge in [0.25, 0.3) is 5.91 Å². The normalized spacial score (nSPS) is 10.2. The Labute approximate surface area is 124 Å². The number of carbonyl (C=O) groups excluding carboxylic acids is 1. The molecule has 0 aliphatic carbocycles. The van der Waals surface area contributed by atoms with Crippen molar-refractivity contribution in [2.75, 3.05) is 26.8 Å². The zero-order valence-corrected chi connectivity index (χ0v) is 12.7. The van der Waals surface area contributed by atoms with E-state index in [9.17, 15) is 14.7 Å². The molecule has 114 valence electrons. The van der Waals surface area contributed by atoms with Gasteiger partial charge >= 0.3 is 5.97 Å². The highest BCUT2D eigenvalue weighted by Crippen LogP contribution is 2.21. The number of methoxy groups -OCH3 is 1. The lowest BCUT2D eigenvalue weighted by Gasteiger charge is -2.23. The van der Waals surface area contributed by atoms with E-state index in [0.29, 0.717) is 30.8 Å². The van der Waals surface area contributed by atoms with Crippen LogP contribution in [0.15, 0.2) is 24.8 Å². The van der Waals surface area contributed by atoms with Crippen LogP contribution < -0.4 is 0 Å². The standard InChI is InChI=1S/C16H21NO4/c1-5-8-17(9-10-21-4)15(18)13-11(2)6-7-12(3)14(13)16(19)20/h5-7H,1,8-10H2,2-4H3,(H,19,20). The maximum atomic E-state index is 12.7. The molecule has 5 nitrogen and oxygen atoms in total. The minimum absolute atomic E-state index is 0.0616. The van der Waals surface area contributed by atoms with Crippen molar-refractivity contribution in [2.45, 2.75) is 13.8 Å². The zero-order chi connectivity index (χ0) is 16.0. The van der Waals surface area contributed by atoms with Gasteiger partial charge in [0.1, 0.15) is 0 Å². The predicted molar refractivity (Wildman–Crippen MR) is 80.9 cm³/mol. The van der Waals surface area contributed by atoms with Crippen LogP contribution in [0.3, 0.4) is 0 Å². The Morgan fingerprint density at radius 1 is 1.29 bits per heavy atom. The zero-order valence-electron chi connectivity index (χ0n) is 12.7. The van der Waals surface area contributed by atoms with Crippen molar-refractivity contribution in [3.8, 4) is 0 Å². The second kappa shape index (κ2) is 7.59. The van der Waals surface area contributed by atoms with Gasteiger partial charge in [-0.05, 0) is 25.0 Å². The number of nitrogens with zero attached hydrogens (tertiary/aromatic N) is 1. The molecule has 1 rings (SSSR count). The fourth-order valence-corrected chi connectivity index (χ4v) is 2.15. The molecule has 0 atom stereocenters. The molecule has 0 spiro atoms. The minimum Gasteiger partial charge on any atom is -0.478 e. The molecule has 0 aliphatic rings. The number of hydrogen-bond acceptors (Lipinski definition) is 3. The van der Waals surface area contributed by atoms with E-state index < -0.39 is 5.97 Å². The molecule has 1 aromatic rings. The average molecular weight is 291 g/mol. The molecule has 0 aliphatic heterocycles. The molecule has 1 amide bonds. The van der Waals surface area contributed by atoms with Gasteiger partial charge in [-0.1, -0.05) is 18.2 Å². The van der Waals surface area contributed by atoms with E-state index in [4.69, 9.17) is 4.74 Å². The molecule has 0 saturated heterocycles. The predicted octanol–water partition coefficient (Wildman–Crippen LogP) is 2.28. The summed E-state index contributed by atoms with van der Waals surface area (Å²) >= 11 is 0. The van der Waals surface area contributed by atoms with Gasteiger partial charge in [0, 0.05) is 20.2 Å². The van der Waals surface area contributed by atoms with Gasteiger partial charge in [-0.2, -0.15) is 0 Å². The number of amides is 1. The number of hydrogen-bond donors (Lipinski definition) is 1. The van der Waals surface area contributed by atoms with E-state index in [-0.39, 0.29) is 17.0 Å². The number of ether oxygens (including phenoxy) is 1. The molecular weight excluding hydrogens is 270 g/mol. The second-order valence-electron chi connectivity index (χ2n) is 4.79. The number of benzene rings is 1. The van der Waals surface area contributed by atoms with Gasteiger partial charge in [0.05, 0.1) is 17.7 Å². The molecule has 0 bridgehead atoms. The summed E-state index contributed by atoms with van der Waals surface area (Å²) < 4.78 is 4.99. The van der Waals surface area contributed by atoms with Crippen molar-refractivity contribution >= 4 is 11.9 Å². The van der Waals surface area contributed by atoms with Crippen molar-refractivity contribution in [2.24, 2.45) is 0 Å². The van der Waals surface area contributed by atoms with Crippen LogP contribution in [-0.2, 0) is 4.74 Å². The monoisotopic (exact) mass is 291 g/mol. The summed E-state index contributed by atoms with van der Waals surface area (Å²) in [7, 11) is 1.55. The van der Waals surface area contributed by atoms with E-state index in [2.05, 4.69) is 6.58 Å². The summed E-state index contributed by atoms with van der Waals surface area (Å²) in [5.74, 6) is -1.41. The molecule has 21 heavy (non-hydrogen) atoms. The molecule has 0 aromatic heterocycles. The van der Waals surface area contributed by atoms with Gasteiger partial charge in [0.2, 0.25) is 0 Å². The highest BCUT2D eigenvalue weighted by Gasteiger charge is 2.24. The molecule has 0 unspecified atom stereocenters. The summed E-state index contributed by atoms with van der Waals surface area (Å²) in [6, 6.07) is 3.47. The number of carboxylic acid groups (broad SMARTS) is 1. The van der Waals surface area contributed by atoms with E-state index in [1.165, 1.54) is 4.90 Å². The van der Waals surface area contributed by atoms with Crippen LogP contribution in [0.2, 0.25) is 0 Å². The molecule has 5 heteroatoms. The lowest BCUT2D eigenvalue weighted by molar-refractivity contribution is 0.0664. The third-order valence-electron chi connectivity index (χ3n) is 3.25. The Bertz CT molecular complexity index is 551. The number of aryl methyl sites for hydroxylation is 2. The quantitative estimate of drug-likeness (QED) is 0.783. The van der Waals surface area contributed by atoms with Gasteiger partial charge < -0.3 is 14.7 Å². The summed E-state index contributed by atoms with van der Waals surface area (Å²) in [4.78, 5) is 25.7. The van der Waals surface area contributed by atoms with Crippen LogP contribution in [0.4, 0.5) is 0 Å². The first-order valence-corrected chi connectivity index (χ1v) is 6.66. The molecule has 0 heterocycles. The van der Waals surface area contributed by atoms with Crippen LogP contribution in [0.1, 0.15) is 31.8 Å². The smallest absolute Gasteiger partial charge is 0.336 e. The van der Waals surface area contributed by atoms with Gasteiger partial charge in [-0.15, -0.1) is 6.58 Å². The van der Waals surface area contributed by atoms with Crippen molar-refractivity contribution in [1.82, 2.24) is 4.90 Å². The topological polar surface area (TPSA) is 66.8 Å². The summed E-state index contributed by atoms with van der Waals surface area (Å²) in [6.07, 6.45) is 1.61. The molecular formula is C16H21NO4. The van der Waals surface area contributed by atoms with Crippen molar-refractivity contribution in [3.63, 3.8) is 0 Å². The number of carboxylic acids is 1. The Hall–Kier alpha value is -2.14. The van der Waals surface area contributed by atoms with Crippen LogP contribution in [-0.4, -0.2) is 48.7 Å².